The van der Waals surface area contributed by atoms with Crippen molar-refractivity contribution in [1.29, 1.82) is 0 Å². The number of benzene rings is 3. The maximum absolute atomic E-state index is 15.2. The van der Waals surface area contributed by atoms with Gasteiger partial charge in [-0.1, -0.05) is 57.5 Å². The molecule has 0 aliphatic carbocycles. The molecule has 0 saturated carbocycles. The Labute approximate surface area is 230 Å². The lowest BCUT2D eigenvalue weighted by Crippen LogP contribution is -2.52. The Kier molecular flexibility index (Phi) is 7.13. The summed E-state index contributed by atoms with van der Waals surface area (Å²) in [7, 11) is 0. The van der Waals surface area contributed by atoms with Gasteiger partial charge in [0.1, 0.15) is 18.1 Å². The molecule has 10 heteroatoms. The number of amides is 2. The SMILES string of the molecule is Cc1cc([C@@H](C)n2cc(CN3CCN(C(=O)c4c(Br)cc5ccccc5c4F)CC3=O)nn2)ccc1Br. The molecule has 2 amide bonds. The van der Waals surface area contributed by atoms with Gasteiger partial charge in [-0.2, -0.15) is 0 Å². The van der Waals surface area contributed by atoms with E-state index < -0.39 is 11.7 Å². The summed E-state index contributed by atoms with van der Waals surface area (Å²) in [5.74, 6) is -1.31. The van der Waals surface area contributed by atoms with Crippen LogP contribution in [0.5, 0.6) is 0 Å². The summed E-state index contributed by atoms with van der Waals surface area (Å²) in [6.07, 6.45) is 1.84. The van der Waals surface area contributed by atoms with Gasteiger partial charge >= 0.3 is 0 Å². The molecule has 7 nitrogen and oxygen atoms in total. The molecule has 1 aliphatic heterocycles. The Hall–Kier alpha value is -3.11. The molecule has 1 aromatic heterocycles. The highest BCUT2D eigenvalue weighted by atomic mass is 79.9. The van der Waals surface area contributed by atoms with Crippen molar-refractivity contribution in [3.05, 3.63) is 91.9 Å². The van der Waals surface area contributed by atoms with Crippen molar-refractivity contribution in [2.45, 2.75) is 26.4 Å². The second-order valence-corrected chi connectivity index (χ2v) is 10.9. The van der Waals surface area contributed by atoms with Crippen LogP contribution in [0.15, 0.2) is 63.7 Å². The van der Waals surface area contributed by atoms with Gasteiger partial charge in [-0.15, -0.1) is 5.10 Å². The standard InChI is InChI=1S/C27H24Br2FN5O2/c1-16-11-18(7-8-22(16)28)17(2)35-14-20(31-32-35)13-33-9-10-34(15-24(33)36)27(37)25-23(29)12-19-5-3-4-6-21(19)26(25)30/h3-8,11-12,14,17H,9-10,13,15H2,1-2H3/t17-/m1/s1. The minimum absolute atomic E-state index is 0.0199. The predicted octanol–water partition coefficient (Wildman–Crippen LogP) is 5.50. The van der Waals surface area contributed by atoms with E-state index in [0.29, 0.717) is 40.6 Å². The molecule has 37 heavy (non-hydrogen) atoms. The lowest BCUT2D eigenvalue weighted by Gasteiger charge is -2.34. The normalized spacial score (nSPS) is 14.9. The molecule has 190 valence electrons. The molecule has 0 N–H and O–H groups in total. The fraction of sp³-hybridized carbons (Fsp3) is 0.259. The van der Waals surface area contributed by atoms with Crippen molar-refractivity contribution < 1.29 is 14.0 Å². The number of nitrogens with zero attached hydrogens (tertiary/aromatic N) is 5. The molecule has 0 radical (unpaired) electrons. The van der Waals surface area contributed by atoms with E-state index in [9.17, 15) is 9.59 Å². The number of fused-ring (bicyclic) bond motifs is 1. The quantitative estimate of drug-likeness (QED) is 0.293. The van der Waals surface area contributed by atoms with E-state index >= 15 is 4.39 Å². The number of hydrogen-bond donors (Lipinski definition) is 0. The third-order valence-corrected chi connectivity index (χ3v) is 8.24. The fourth-order valence-corrected chi connectivity index (χ4v) is 5.36. The van der Waals surface area contributed by atoms with Crippen molar-refractivity contribution in [1.82, 2.24) is 24.8 Å². The number of rotatable bonds is 5. The van der Waals surface area contributed by atoms with E-state index in [-0.39, 0.29) is 24.1 Å². The van der Waals surface area contributed by atoms with Crippen molar-refractivity contribution in [3.63, 3.8) is 0 Å². The molecule has 1 atom stereocenters. The van der Waals surface area contributed by atoms with Gasteiger partial charge in [-0.05, 0) is 58.4 Å². The zero-order valence-corrected chi connectivity index (χ0v) is 23.5. The van der Waals surface area contributed by atoms with Gasteiger partial charge in [0.05, 0.1) is 24.3 Å². The zero-order chi connectivity index (χ0) is 26.3. The molecule has 4 aromatic rings. The van der Waals surface area contributed by atoms with Crippen LogP contribution in [0.2, 0.25) is 0 Å². The van der Waals surface area contributed by atoms with E-state index in [2.05, 4.69) is 48.2 Å². The Morgan fingerprint density at radius 1 is 1.11 bits per heavy atom. The number of hydrogen-bond acceptors (Lipinski definition) is 4. The Morgan fingerprint density at radius 3 is 2.65 bits per heavy atom. The molecular weight excluding hydrogens is 605 g/mol. The maximum Gasteiger partial charge on any atom is 0.258 e. The van der Waals surface area contributed by atoms with E-state index in [0.717, 1.165) is 15.6 Å². The summed E-state index contributed by atoms with van der Waals surface area (Å²) < 4.78 is 18.4. The first-order valence-corrected chi connectivity index (χ1v) is 13.4. The van der Waals surface area contributed by atoms with Gasteiger partial charge in [-0.3, -0.25) is 9.59 Å². The molecule has 0 spiro atoms. The molecule has 1 saturated heterocycles. The van der Waals surface area contributed by atoms with Crippen LogP contribution in [0, 0.1) is 12.7 Å². The number of carbonyl (C=O) groups is 2. The number of halogens is 3. The number of aromatic nitrogens is 3. The third kappa shape index (κ3) is 5.04. The van der Waals surface area contributed by atoms with Crippen LogP contribution >= 0.6 is 31.9 Å². The highest BCUT2D eigenvalue weighted by Crippen LogP contribution is 2.30. The number of piperazine rings is 1. The van der Waals surface area contributed by atoms with Gasteiger partial charge in [0.25, 0.3) is 5.91 Å². The molecule has 1 aliphatic rings. The average Bonchev–Trinajstić information content (AvgIpc) is 3.35. The molecule has 3 aromatic carbocycles. The maximum atomic E-state index is 15.2. The summed E-state index contributed by atoms with van der Waals surface area (Å²) in [6, 6.07) is 14.8. The summed E-state index contributed by atoms with van der Waals surface area (Å²) in [4.78, 5) is 29.2. The van der Waals surface area contributed by atoms with E-state index in [1.807, 2.05) is 38.2 Å². The lowest BCUT2D eigenvalue weighted by atomic mass is 10.0. The van der Waals surface area contributed by atoms with Gasteiger partial charge in [0, 0.05) is 27.4 Å². The van der Waals surface area contributed by atoms with E-state index in [1.54, 1.807) is 33.8 Å². The first kappa shape index (κ1) is 25.5. The van der Waals surface area contributed by atoms with E-state index in [4.69, 9.17) is 0 Å². The second kappa shape index (κ2) is 10.3. The Morgan fingerprint density at radius 2 is 1.89 bits per heavy atom. The average molecular weight is 629 g/mol. The van der Waals surface area contributed by atoms with Gasteiger partial charge in [-0.25, -0.2) is 9.07 Å². The lowest BCUT2D eigenvalue weighted by molar-refractivity contribution is -0.135. The van der Waals surface area contributed by atoms with Crippen molar-refractivity contribution in [2.75, 3.05) is 19.6 Å². The topological polar surface area (TPSA) is 71.3 Å². The molecule has 0 unspecified atom stereocenters. The first-order valence-electron chi connectivity index (χ1n) is 11.8. The van der Waals surface area contributed by atoms with Crippen molar-refractivity contribution in [3.8, 4) is 0 Å². The monoisotopic (exact) mass is 627 g/mol. The molecule has 0 bridgehead atoms. The van der Waals surface area contributed by atoms with E-state index in [1.165, 1.54) is 4.90 Å². The summed E-state index contributed by atoms with van der Waals surface area (Å²) >= 11 is 6.87. The van der Waals surface area contributed by atoms with Crippen LogP contribution in [0.25, 0.3) is 10.8 Å². The summed E-state index contributed by atoms with van der Waals surface area (Å²) in [5, 5.41) is 9.59. The van der Waals surface area contributed by atoms with Crippen LogP contribution in [0.1, 0.15) is 40.1 Å². The minimum Gasteiger partial charge on any atom is -0.333 e. The van der Waals surface area contributed by atoms with Crippen LogP contribution in [-0.2, 0) is 11.3 Å². The van der Waals surface area contributed by atoms with Crippen LogP contribution < -0.4 is 0 Å². The minimum atomic E-state index is -0.587. The molecule has 2 heterocycles. The third-order valence-electron chi connectivity index (χ3n) is 6.73. The fourth-order valence-electron chi connectivity index (χ4n) is 4.53. The Bertz CT molecular complexity index is 1520. The highest BCUT2D eigenvalue weighted by Gasteiger charge is 2.31. The number of carbonyl (C=O) groups excluding carboxylic acids is 2. The predicted molar refractivity (Wildman–Crippen MR) is 146 cm³/mol. The zero-order valence-electron chi connectivity index (χ0n) is 20.3. The van der Waals surface area contributed by atoms with Gasteiger partial charge in [0.15, 0.2) is 0 Å². The van der Waals surface area contributed by atoms with Gasteiger partial charge in [0.2, 0.25) is 5.91 Å². The molecular formula is C27H24Br2FN5O2. The second-order valence-electron chi connectivity index (χ2n) is 9.18. The van der Waals surface area contributed by atoms with Crippen molar-refractivity contribution >= 4 is 54.4 Å². The Balaban J connectivity index is 1.26. The van der Waals surface area contributed by atoms with Crippen LogP contribution in [0.3, 0.4) is 0 Å². The van der Waals surface area contributed by atoms with Crippen LogP contribution in [-0.4, -0.2) is 56.2 Å². The smallest absolute Gasteiger partial charge is 0.258 e. The summed E-state index contributed by atoms with van der Waals surface area (Å²) in [5.41, 5.74) is 2.85. The largest absolute Gasteiger partial charge is 0.333 e. The molecule has 5 rings (SSSR count). The first-order chi connectivity index (χ1) is 17.7. The van der Waals surface area contributed by atoms with Crippen LogP contribution in [0.4, 0.5) is 4.39 Å². The summed E-state index contributed by atoms with van der Waals surface area (Å²) in [6.45, 7) is 4.87. The highest BCUT2D eigenvalue weighted by molar-refractivity contribution is 9.10. The molecule has 1 fully saturated rings. The van der Waals surface area contributed by atoms with Crippen molar-refractivity contribution in [2.24, 2.45) is 0 Å². The number of aryl methyl sites for hydroxylation is 1. The van der Waals surface area contributed by atoms with Gasteiger partial charge < -0.3 is 9.80 Å².